The Bertz CT molecular complexity index is 651. The molecule has 2 amide bonds. The molecule has 2 aromatic rings. The van der Waals surface area contributed by atoms with Crippen LogP contribution in [-0.4, -0.2) is 11.8 Å². The molecule has 0 bridgehead atoms. The molecule has 1 aliphatic rings. The summed E-state index contributed by atoms with van der Waals surface area (Å²) < 4.78 is 0. The van der Waals surface area contributed by atoms with Gasteiger partial charge in [0.15, 0.2) is 5.75 Å². The van der Waals surface area contributed by atoms with Crippen molar-refractivity contribution in [2.75, 3.05) is 4.90 Å². The second-order valence-corrected chi connectivity index (χ2v) is 4.50. The number of aryl methyl sites for hydroxylation is 1. The van der Waals surface area contributed by atoms with Gasteiger partial charge in [0.05, 0.1) is 16.8 Å². The highest BCUT2D eigenvalue weighted by Crippen LogP contribution is 2.31. The van der Waals surface area contributed by atoms with Crippen LogP contribution in [0.3, 0.4) is 0 Å². The van der Waals surface area contributed by atoms with Gasteiger partial charge in [0.1, 0.15) is 0 Å². The minimum Gasteiger partial charge on any atom is -0.290 e. The lowest BCUT2D eigenvalue weighted by molar-refractivity contribution is 0.0926. The van der Waals surface area contributed by atoms with E-state index in [4.69, 9.17) is 0 Å². The summed E-state index contributed by atoms with van der Waals surface area (Å²) in [6.07, 6.45) is 0. The van der Waals surface area contributed by atoms with E-state index in [9.17, 15) is 14.7 Å². The first-order valence-electron chi connectivity index (χ1n) is 5.84. The average molecular weight is 252 g/mol. The van der Waals surface area contributed by atoms with Gasteiger partial charge in [0.2, 0.25) is 0 Å². The van der Waals surface area contributed by atoms with Gasteiger partial charge < -0.3 is 0 Å². The normalized spacial score (nSPS) is 13.8. The molecule has 1 radical (unpaired) electrons. The topological polar surface area (TPSA) is 57.3 Å². The van der Waals surface area contributed by atoms with Gasteiger partial charge in [-0.3, -0.25) is 14.7 Å². The quantitative estimate of drug-likeness (QED) is 0.732. The molecule has 4 heteroatoms. The molecule has 3 rings (SSSR count). The predicted molar refractivity (Wildman–Crippen MR) is 68.9 cm³/mol. The number of anilines is 1. The van der Waals surface area contributed by atoms with Crippen molar-refractivity contribution < 1.29 is 14.7 Å². The summed E-state index contributed by atoms with van der Waals surface area (Å²) in [5.41, 5.74) is 1.80. The van der Waals surface area contributed by atoms with E-state index in [2.05, 4.69) is 0 Å². The maximum Gasteiger partial charge on any atom is 0.266 e. The minimum absolute atomic E-state index is 0.216. The third-order valence-corrected chi connectivity index (χ3v) is 3.09. The molecule has 1 heterocycles. The van der Waals surface area contributed by atoms with E-state index in [0.717, 1.165) is 10.5 Å². The first-order chi connectivity index (χ1) is 9.08. The maximum absolute atomic E-state index is 12.2. The molecule has 0 saturated heterocycles. The van der Waals surface area contributed by atoms with Gasteiger partial charge in [-0.05, 0) is 36.8 Å². The molecule has 0 spiro atoms. The lowest BCUT2D eigenvalue weighted by Crippen LogP contribution is -2.29. The van der Waals surface area contributed by atoms with E-state index in [-0.39, 0.29) is 17.6 Å². The highest BCUT2D eigenvalue weighted by Gasteiger charge is 2.36. The molecule has 0 unspecified atom stereocenters. The van der Waals surface area contributed by atoms with Crippen LogP contribution in [0.15, 0.2) is 42.5 Å². The molecule has 1 aliphatic heterocycles. The van der Waals surface area contributed by atoms with Gasteiger partial charge in [0, 0.05) is 6.07 Å². The fourth-order valence-electron chi connectivity index (χ4n) is 2.28. The zero-order chi connectivity index (χ0) is 13.6. The first kappa shape index (κ1) is 11.5. The Morgan fingerprint density at radius 2 is 1.47 bits per heavy atom. The van der Waals surface area contributed by atoms with Crippen molar-refractivity contribution in [1.29, 1.82) is 0 Å². The van der Waals surface area contributed by atoms with Crippen LogP contribution in [0.5, 0.6) is 5.75 Å². The molecule has 2 aromatic carbocycles. The summed E-state index contributed by atoms with van der Waals surface area (Å²) in [4.78, 5) is 25.5. The Morgan fingerprint density at radius 1 is 0.895 bits per heavy atom. The molecule has 0 atom stereocenters. The molecule has 0 saturated carbocycles. The van der Waals surface area contributed by atoms with Crippen molar-refractivity contribution in [1.82, 2.24) is 0 Å². The second-order valence-electron chi connectivity index (χ2n) is 4.50. The number of imide groups is 1. The Hall–Kier alpha value is -2.62. The van der Waals surface area contributed by atoms with Crippen molar-refractivity contribution in [3.8, 4) is 5.75 Å². The fraction of sp³-hybridized carbons (Fsp3) is 0.0667. The van der Waals surface area contributed by atoms with E-state index < -0.39 is 0 Å². The summed E-state index contributed by atoms with van der Waals surface area (Å²) >= 11 is 0. The largest absolute Gasteiger partial charge is 0.290 e. The van der Waals surface area contributed by atoms with Gasteiger partial charge in [-0.2, -0.15) is 0 Å². The van der Waals surface area contributed by atoms with Gasteiger partial charge in [0.25, 0.3) is 11.8 Å². The Balaban J connectivity index is 2.14. The maximum atomic E-state index is 12.2. The monoisotopic (exact) mass is 252 g/mol. The van der Waals surface area contributed by atoms with Crippen LogP contribution in [0.1, 0.15) is 26.3 Å². The molecule has 0 fully saturated rings. The summed E-state index contributed by atoms with van der Waals surface area (Å²) in [5.74, 6) is -0.984. The molecule has 0 aliphatic carbocycles. The van der Waals surface area contributed by atoms with Crippen molar-refractivity contribution in [3.63, 3.8) is 0 Å². The molecule has 0 N–H and O–H groups in total. The van der Waals surface area contributed by atoms with E-state index in [1.807, 2.05) is 0 Å². The molecule has 93 valence electrons. The van der Waals surface area contributed by atoms with E-state index in [1.165, 1.54) is 12.1 Å². The molecule has 4 nitrogen and oxygen atoms in total. The van der Waals surface area contributed by atoms with Crippen molar-refractivity contribution >= 4 is 17.5 Å². The van der Waals surface area contributed by atoms with Crippen LogP contribution in [0.4, 0.5) is 5.69 Å². The number of amides is 2. The molecular weight excluding hydrogens is 242 g/mol. The van der Waals surface area contributed by atoms with Crippen LogP contribution in [0.2, 0.25) is 0 Å². The molecule has 0 aromatic heterocycles. The van der Waals surface area contributed by atoms with Gasteiger partial charge >= 0.3 is 0 Å². The Morgan fingerprint density at radius 3 is 2.00 bits per heavy atom. The number of carbonyl (C=O) groups is 2. The molecule has 19 heavy (non-hydrogen) atoms. The van der Waals surface area contributed by atoms with Crippen molar-refractivity contribution in [2.24, 2.45) is 0 Å². The fourth-order valence-corrected chi connectivity index (χ4v) is 2.28. The third-order valence-electron chi connectivity index (χ3n) is 3.09. The number of hydrogen-bond donors (Lipinski definition) is 0. The number of fused-ring (bicyclic) bond motifs is 1. The first-order valence-corrected chi connectivity index (χ1v) is 5.84. The van der Waals surface area contributed by atoms with Gasteiger partial charge in [-0.1, -0.05) is 12.1 Å². The summed E-state index contributed by atoms with van der Waals surface area (Å²) in [6.45, 7) is 1.75. The lowest BCUT2D eigenvalue weighted by atomic mass is 10.1. The van der Waals surface area contributed by atoms with E-state index in [0.29, 0.717) is 16.8 Å². The van der Waals surface area contributed by atoms with Crippen LogP contribution >= 0.6 is 0 Å². The van der Waals surface area contributed by atoms with Crippen LogP contribution in [0.25, 0.3) is 0 Å². The standard InChI is InChI=1S/C15H10NO3/c1-9-6-10(8-11(17)7-9)16-14(18)12-4-2-3-5-13(12)15(16)19/h2-8H,1H3. The van der Waals surface area contributed by atoms with Crippen LogP contribution in [-0.2, 0) is 5.11 Å². The predicted octanol–water partition coefficient (Wildman–Crippen LogP) is 2.94. The number of nitrogens with zero attached hydrogens (tertiary/aromatic N) is 1. The minimum atomic E-state index is -0.384. The highest BCUT2D eigenvalue weighted by atomic mass is 16.3. The zero-order valence-electron chi connectivity index (χ0n) is 10.2. The van der Waals surface area contributed by atoms with Gasteiger partial charge in [-0.15, -0.1) is 0 Å². The SMILES string of the molecule is Cc1cc([O])cc(N2C(=O)c3ccccc3C2=O)c1. The molecular formula is C15H10NO3. The lowest BCUT2D eigenvalue weighted by Gasteiger charge is -2.14. The van der Waals surface area contributed by atoms with Crippen molar-refractivity contribution in [3.05, 3.63) is 59.2 Å². The Labute approximate surface area is 109 Å². The summed E-state index contributed by atoms with van der Waals surface area (Å²) in [5, 5.41) is 11.5. The number of rotatable bonds is 1. The number of carbonyl (C=O) groups excluding carboxylic acids is 2. The third kappa shape index (κ3) is 1.69. The number of hydrogen-bond acceptors (Lipinski definition) is 2. The van der Waals surface area contributed by atoms with E-state index >= 15 is 0 Å². The average Bonchev–Trinajstić information content (AvgIpc) is 2.61. The van der Waals surface area contributed by atoms with Gasteiger partial charge in [-0.25, -0.2) is 4.90 Å². The summed E-state index contributed by atoms with van der Waals surface area (Å²) in [6, 6.07) is 11.1. The smallest absolute Gasteiger partial charge is 0.266 e. The second kappa shape index (κ2) is 3.95. The van der Waals surface area contributed by atoms with Crippen LogP contribution < -0.4 is 4.90 Å². The van der Waals surface area contributed by atoms with E-state index in [1.54, 1.807) is 37.3 Å². The van der Waals surface area contributed by atoms with Crippen molar-refractivity contribution in [2.45, 2.75) is 6.92 Å². The highest BCUT2D eigenvalue weighted by molar-refractivity contribution is 6.34. The number of benzene rings is 2. The Kier molecular flexibility index (Phi) is 2.38. The summed E-state index contributed by atoms with van der Waals surface area (Å²) in [7, 11) is 0. The van der Waals surface area contributed by atoms with Crippen LogP contribution in [0, 0.1) is 6.92 Å². The zero-order valence-corrected chi connectivity index (χ0v) is 10.2.